The predicted molar refractivity (Wildman–Crippen MR) is 78.4 cm³/mol. The van der Waals surface area contributed by atoms with E-state index in [4.69, 9.17) is 5.26 Å². The highest BCUT2D eigenvalue weighted by atomic mass is 16.4. The number of hydrogen-bond acceptors (Lipinski definition) is 5. The van der Waals surface area contributed by atoms with Gasteiger partial charge in [0, 0.05) is 6.20 Å². The summed E-state index contributed by atoms with van der Waals surface area (Å²) in [6.45, 7) is 5.44. The molecule has 1 amide bonds. The molecule has 0 aliphatic carbocycles. The summed E-state index contributed by atoms with van der Waals surface area (Å²) in [6.07, 6.45) is 1.49. The van der Waals surface area contributed by atoms with Gasteiger partial charge in [0.05, 0.1) is 18.1 Å². The Bertz CT molecular complexity index is 718. The summed E-state index contributed by atoms with van der Waals surface area (Å²) in [5.74, 6) is -1.35. The Balaban J connectivity index is 2.52. The minimum atomic E-state index is -1.18. The van der Waals surface area contributed by atoms with Crippen LogP contribution in [0.25, 0.3) is 0 Å². The number of aliphatic imine (C=N–C) groups is 1. The van der Waals surface area contributed by atoms with Gasteiger partial charge in [0.25, 0.3) is 5.91 Å². The largest absolute Gasteiger partial charge is 0.478 e. The number of pyridine rings is 1. The third-order valence-corrected chi connectivity index (χ3v) is 3.84. The van der Waals surface area contributed by atoms with Gasteiger partial charge < -0.3 is 10.4 Å². The number of hydrogen-bond donors (Lipinski definition) is 2. The third-order valence-electron chi connectivity index (χ3n) is 3.84. The van der Waals surface area contributed by atoms with E-state index in [1.54, 1.807) is 6.92 Å². The molecule has 1 aromatic heterocycles. The Morgan fingerprint density at radius 3 is 2.73 bits per heavy atom. The predicted octanol–water partition coefficient (Wildman–Crippen LogP) is 1.14. The smallest absolute Gasteiger partial charge is 0.338 e. The van der Waals surface area contributed by atoms with Crippen molar-refractivity contribution >= 4 is 17.7 Å². The lowest BCUT2D eigenvalue weighted by Crippen LogP contribution is -2.41. The van der Waals surface area contributed by atoms with Gasteiger partial charge in [0.2, 0.25) is 0 Å². The fourth-order valence-corrected chi connectivity index (χ4v) is 2.10. The SMILES string of the molecule is CC(C)C1(C)N=C(c2ncc(CC#N)cc2C(=O)O)NC1=O. The summed E-state index contributed by atoms with van der Waals surface area (Å²) < 4.78 is 0. The van der Waals surface area contributed by atoms with E-state index >= 15 is 0 Å². The number of nitriles is 1. The molecule has 0 fully saturated rings. The topological polar surface area (TPSA) is 115 Å². The molecule has 0 radical (unpaired) electrons. The lowest BCUT2D eigenvalue weighted by Gasteiger charge is -2.21. The first-order valence-electron chi connectivity index (χ1n) is 6.80. The van der Waals surface area contributed by atoms with Crippen molar-refractivity contribution in [1.82, 2.24) is 10.3 Å². The molecule has 1 unspecified atom stereocenters. The quantitative estimate of drug-likeness (QED) is 0.865. The fourth-order valence-electron chi connectivity index (χ4n) is 2.10. The zero-order chi connectivity index (χ0) is 16.5. The molecule has 114 valence electrons. The van der Waals surface area contributed by atoms with Gasteiger partial charge in [-0.3, -0.25) is 9.78 Å². The second-order valence-electron chi connectivity index (χ2n) is 5.60. The van der Waals surface area contributed by atoms with E-state index in [9.17, 15) is 14.7 Å². The Kier molecular flexibility index (Phi) is 3.95. The summed E-state index contributed by atoms with van der Waals surface area (Å²) in [5.41, 5.74) is -0.426. The molecule has 1 atom stereocenters. The zero-order valence-electron chi connectivity index (χ0n) is 12.5. The number of carbonyl (C=O) groups is 2. The maximum absolute atomic E-state index is 12.1. The Labute approximate surface area is 127 Å². The first-order chi connectivity index (χ1) is 10.3. The fraction of sp³-hybridized carbons (Fsp3) is 0.400. The van der Waals surface area contributed by atoms with Crippen molar-refractivity contribution in [3.05, 3.63) is 29.1 Å². The van der Waals surface area contributed by atoms with Crippen LogP contribution in [0, 0.1) is 17.2 Å². The normalized spacial score (nSPS) is 20.5. The van der Waals surface area contributed by atoms with Gasteiger partial charge in [-0.2, -0.15) is 5.26 Å². The third kappa shape index (κ3) is 2.55. The van der Waals surface area contributed by atoms with Crippen LogP contribution < -0.4 is 5.32 Å². The van der Waals surface area contributed by atoms with Crippen molar-refractivity contribution < 1.29 is 14.7 Å². The highest BCUT2D eigenvalue weighted by Gasteiger charge is 2.43. The highest BCUT2D eigenvalue weighted by molar-refractivity contribution is 6.17. The second-order valence-corrected chi connectivity index (χ2v) is 5.60. The van der Waals surface area contributed by atoms with Gasteiger partial charge in [-0.1, -0.05) is 13.8 Å². The van der Waals surface area contributed by atoms with E-state index < -0.39 is 11.5 Å². The molecule has 2 heterocycles. The van der Waals surface area contributed by atoms with E-state index in [0.29, 0.717) is 5.56 Å². The number of amides is 1. The molecular formula is C15H16N4O3. The van der Waals surface area contributed by atoms with E-state index in [1.165, 1.54) is 12.3 Å². The minimum Gasteiger partial charge on any atom is -0.478 e. The van der Waals surface area contributed by atoms with Crippen LogP contribution >= 0.6 is 0 Å². The van der Waals surface area contributed by atoms with Crippen molar-refractivity contribution in [3.63, 3.8) is 0 Å². The van der Waals surface area contributed by atoms with Gasteiger partial charge in [0.1, 0.15) is 11.2 Å². The lowest BCUT2D eigenvalue weighted by atomic mass is 9.89. The van der Waals surface area contributed by atoms with Gasteiger partial charge in [-0.05, 0) is 24.5 Å². The molecule has 1 aromatic rings. The van der Waals surface area contributed by atoms with Crippen LogP contribution in [0.2, 0.25) is 0 Å². The summed E-state index contributed by atoms with van der Waals surface area (Å²) in [4.78, 5) is 32.0. The average molecular weight is 300 g/mol. The Hall–Kier alpha value is -2.75. The maximum atomic E-state index is 12.1. The van der Waals surface area contributed by atoms with Crippen LogP contribution in [0.5, 0.6) is 0 Å². The minimum absolute atomic E-state index is 0.0452. The van der Waals surface area contributed by atoms with Crippen molar-refractivity contribution in [1.29, 1.82) is 5.26 Å². The van der Waals surface area contributed by atoms with E-state index in [2.05, 4.69) is 15.3 Å². The number of carbonyl (C=O) groups excluding carboxylic acids is 1. The van der Waals surface area contributed by atoms with Crippen LogP contribution in [0.3, 0.4) is 0 Å². The molecule has 0 aromatic carbocycles. The number of carboxylic acids is 1. The maximum Gasteiger partial charge on any atom is 0.338 e. The summed E-state index contributed by atoms with van der Waals surface area (Å²) in [5, 5.41) is 20.6. The van der Waals surface area contributed by atoms with Crippen molar-refractivity contribution in [3.8, 4) is 6.07 Å². The first kappa shape index (κ1) is 15.6. The number of carboxylic acid groups (broad SMARTS) is 1. The molecular weight excluding hydrogens is 284 g/mol. The summed E-state index contributed by atoms with van der Waals surface area (Å²) >= 11 is 0. The van der Waals surface area contributed by atoms with E-state index in [-0.39, 0.29) is 35.3 Å². The van der Waals surface area contributed by atoms with Crippen LogP contribution in [0.1, 0.15) is 42.4 Å². The number of aromatic nitrogens is 1. The van der Waals surface area contributed by atoms with Crippen LogP contribution in [0.15, 0.2) is 17.3 Å². The lowest BCUT2D eigenvalue weighted by molar-refractivity contribution is -0.124. The molecule has 7 heteroatoms. The van der Waals surface area contributed by atoms with Crippen LogP contribution in [-0.4, -0.2) is 33.3 Å². The number of rotatable bonds is 4. The van der Waals surface area contributed by atoms with Gasteiger partial charge >= 0.3 is 5.97 Å². The van der Waals surface area contributed by atoms with Crippen LogP contribution in [0.4, 0.5) is 0 Å². The molecule has 22 heavy (non-hydrogen) atoms. The number of nitrogens with one attached hydrogen (secondary N) is 1. The molecule has 7 nitrogen and oxygen atoms in total. The monoisotopic (exact) mass is 300 g/mol. The van der Waals surface area contributed by atoms with Gasteiger partial charge in [-0.25, -0.2) is 9.79 Å². The van der Waals surface area contributed by atoms with E-state index in [0.717, 1.165) is 0 Å². The Morgan fingerprint density at radius 1 is 1.55 bits per heavy atom. The first-order valence-corrected chi connectivity index (χ1v) is 6.80. The molecule has 0 saturated heterocycles. The molecule has 2 N–H and O–H groups in total. The molecule has 1 aliphatic heterocycles. The highest BCUT2D eigenvalue weighted by Crippen LogP contribution is 2.27. The molecule has 0 bridgehead atoms. The Morgan fingerprint density at radius 2 is 2.23 bits per heavy atom. The molecule has 2 rings (SSSR count). The van der Waals surface area contributed by atoms with Gasteiger partial charge in [0.15, 0.2) is 5.84 Å². The van der Waals surface area contributed by atoms with Crippen molar-refractivity contribution in [2.24, 2.45) is 10.9 Å². The summed E-state index contributed by atoms with van der Waals surface area (Å²) in [7, 11) is 0. The second kappa shape index (κ2) is 5.56. The average Bonchev–Trinajstić information content (AvgIpc) is 2.76. The van der Waals surface area contributed by atoms with Crippen molar-refractivity contribution in [2.75, 3.05) is 0 Å². The molecule has 1 aliphatic rings. The number of amidine groups is 1. The van der Waals surface area contributed by atoms with Gasteiger partial charge in [-0.15, -0.1) is 0 Å². The standard InChI is InChI=1S/C15H16N4O3/c1-8(2)15(3)14(22)18-12(19-15)11-10(13(20)21)6-9(4-5-16)7-17-11/h6-8H,4H2,1-3H3,(H,20,21)(H,18,19,22). The van der Waals surface area contributed by atoms with Crippen LogP contribution in [-0.2, 0) is 11.2 Å². The molecule has 0 saturated carbocycles. The van der Waals surface area contributed by atoms with Crippen molar-refractivity contribution in [2.45, 2.75) is 32.7 Å². The molecule has 0 spiro atoms. The zero-order valence-corrected chi connectivity index (χ0v) is 12.5. The number of aromatic carboxylic acids is 1. The summed E-state index contributed by atoms with van der Waals surface area (Å²) in [6, 6.07) is 3.32. The van der Waals surface area contributed by atoms with E-state index in [1.807, 2.05) is 19.9 Å². The number of nitrogens with zero attached hydrogens (tertiary/aromatic N) is 3.